The third kappa shape index (κ3) is 3.54. The topological polar surface area (TPSA) is 140 Å². The number of nitrogens with two attached hydrogens (primary N) is 2. The largest absolute Gasteiger partial charge is 0.471 e. The molecule has 0 saturated heterocycles. The molecule has 5 N–H and O–H groups in total. The monoisotopic (exact) mass is 425 g/mol. The van der Waals surface area contributed by atoms with Gasteiger partial charge in [-0.3, -0.25) is 15.8 Å². The van der Waals surface area contributed by atoms with Gasteiger partial charge in [0.2, 0.25) is 0 Å². The molecule has 3 heterocycles. The molecule has 1 aromatic carbocycles. The number of hydrogen-bond acceptors (Lipinski definition) is 7. The number of H-pyrrole nitrogens is 1. The summed E-state index contributed by atoms with van der Waals surface area (Å²) >= 11 is 12.3. The zero-order valence-electron chi connectivity index (χ0n) is 14.7. The number of benzene rings is 1. The fourth-order valence-electron chi connectivity index (χ4n) is 2.88. The summed E-state index contributed by atoms with van der Waals surface area (Å²) in [5, 5.41) is 17.8. The van der Waals surface area contributed by atoms with Crippen LogP contribution in [0, 0.1) is 11.3 Å². The highest BCUT2D eigenvalue weighted by Gasteiger charge is 2.18. The van der Waals surface area contributed by atoms with Crippen LogP contribution in [0.25, 0.3) is 22.2 Å². The minimum atomic E-state index is -0.894. The molecule has 1 atom stereocenters. The van der Waals surface area contributed by atoms with E-state index in [-0.39, 0.29) is 11.4 Å². The van der Waals surface area contributed by atoms with Crippen LogP contribution in [0.5, 0.6) is 5.75 Å². The molecule has 0 spiro atoms. The van der Waals surface area contributed by atoms with E-state index in [0.29, 0.717) is 32.6 Å². The molecule has 0 aliphatic rings. The lowest BCUT2D eigenvalue weighted by molar-refractivity contribution is 0.214. The van der Waals surface area contributed by atoms with Crippen molar-refractivity contribution in [3.05, 3.63) is 64.0 Å². The van der Waals surface area contributed by atoms with Crippen molar-refractivity contribution in [1.82, 2.24) is 20.2 Å². The lowest BCUT2D eigenvalue weighted by Crippen LogP contribution is -2.18. The molecule has 0 unspecified atom stereocenters. The van der Waals surface area contributed by atoms with Gasteiger partial charge in [0.05, 0.1) is 21.1 Å². The summed E-state index contributed by atoms with van der Waals surface area (Å²) in [6.07, 6.45) is 3.56. The molecular formula is C19H13Cl2N7O. The van der Waals surface area contributed by atoms with Crippen LogP contribution in [0.3, 0.4) is 0 Å². The SMILES string of the molecule is N#Cc1cc(-c2n[nH]c3ccc(O[C@H](N)c4c(Cl)cncc4Cl)cc23)cnc1N. The number of fused-ring (bicyclic) bond motifs is 1. The Morgan fingerprint density at radius 2 is 1.90 bits per heavy atom. The van der Waals surface area contributed by atoms with Crippen LogP contribution in [0.1, 0.15) is 17.4 Å². The average Bonchev–Trinajstić information content (AvgIpc) is 3.11. The Morgan fingerprint density at radius 3 is 2.62 bits per heavy atom. The van der Waals surface area contributed by atoms with Gasteiger partial charge < -0.3 is 10.5 Å². The summed E-state index contributed by atoms with van der Waals surface area (Å²) in [4.78, 5) is 7.97. The number of ether oxygens (including phenoxy) is 1. The maximum Gasteiger partial charge on any atom is 0.177 e. The first-order valence-electron chi connectivity index (χ1n) is 8.33. The minimum absolute atomic E-state index is 0.164. The van der Waals surface area contributed by atoms with Crippen LogP contribution in [0.15, 0.2) is 42.9 Å². The Bertz CT molecular complexity index is 1250. The van der Waals surface area contributed by atoms with Crippen LogP contribution in [-0.2, 0) is 0 Å². The second-order valence-electron chi connectivity index (χ2n) is 6.10. The Labute approximate surface area is 175 Å². The first-order valence-corrected chi connectivity index (χ1v) is 9.08. The summed E-state index contributed by atoms with van der Waals surface area (Å²) in [6, 6.07) is 8.98. The normalized spacial score (nSPS) is 11.9. The van der Waals surface area contributed by atoms with E-state index in [9.17, 15) is 5.26 Å². The van der Waals surface area contributed by atoms with Gasteiger partial charge in [0, 0.05) is 35.1 Å². The Morgan fingerprint density at radius 1 is 1.14 bits per heavy atom. The summed E-state index contributed by atoms with van der Waals surface area (Å²) < 4.78 is 5.85. The van der Waals surface area contributed by atoms with E-state index in [1.807, 2.05) is 6.07 Å². The summed E-state index contributed by atoms with van der Waals surface area (Å²) in [6.45, 7) is 0. The number of anilines is 1. The number of aromatic nitrogens is 4. The molecule has 0 fully saturated rings. The lowest BCUT2D eigenvalue weighted by atomic mass is 10.1. The van der Waals surface area contributed by atoms with Gasteiger partial charge in [-0.1, -0.05) is 23.2 Å². The van der Waals surface area contributed by atoms with Gasteiger partial charge >= 0.3 is 0 Å². The number of nitrogens with zero attached hydrogens (tertiary/aromatic N) is 4. The number of nitriles is 1. The van der Waals surface area contributed by atoms with Gasteiger partial charge in [0.15, 0.2) is 6.23 Å². The van der Waals surface area contributed by atoms with E-state index in [0.717, 1.165) is 10.9 Å². The molecule has 0 aliphatic heterocycles. The second-order valence-corrected chi connectivity index (χ2v) is 6.92. The molecule has 0 amide bonds. The van der Waals surface area contributed by atoms with Crippen molar-refractivity contribution in [2.24, 2.45) is 5.73 Å². The van der Waals surface area contributed by atoms with Crippen molar-refractivity contribution in [3.8, 4) is 23.1 Å². The molecule has 144 valence electrons. The van der Waals surface area contributed by atoms with Gasteiger partial charge in [-0.05, 0) is 24.3 Å². The quantitative estimate of drug-likeness (QED) is 0.422. The molecule has 0 bridgehead atoms. The maximum atomic E-state index is 9.19. The van der Waals surface area contributed by atoms with E-state index in [2.05, 4.69) is 20.2 Å². The second kappa shape index (κ2) is 7.56. The third-order valence-corrected chi connectivity index (χ3v) is 4.89. The van der Waals surface area contributed by atoms with Gasteiger partial charge in [0.1, 0.15) is 23.3 Å². The van der Waals surface area contributed by atoms with Gasteiger partial charge in [0.25, 0.3) is 0 Å². The summed E-state index contributed by atoms with van der Waals surface area (Å²) in [5.74, 6) is 0.651. The van der Waals surface area contributed by atoms with E-state index >= 15 is 0 Å². The van der Waals surface area contributed by atoms with Gasteiger partial charge in [-0.25, -0.2) is 4.98 Å². The Hall–Kier alpha value is -3.38. The molecule has 8 nitrogen and oxygen atoms in total. The number of nitrogens with one attached hydrogen (secondary N) is 1. The minimum Gasteiger partial charge on any atom is -0.471 e. The van der Waals surface area contributed by atoms with Gasteiger partial charge in [-0.2, -0.15) is 10.4 Å². The predicted octanol–water partition coefficient (Wildman–Crippen LogP) is 3.82. The number of halogens is 2. The van der Waals surface area contributed by atoms with E-state index < -0.39 is 6.23 Å². The highest BCUT2D eigenvalue weighted by atomic mass is 35.5. The van der Waals surface area contributed by atoms with Crippen LogP contribution >= 0.6 is 23.2 Å². The first-order chi connectivity index (χ1) is 14.0. The molecule has 4 aromatic rings. The fraction of sp³-hybridized carbons (Fsp3) is 0.0526. The molecule has 29 heavy (non-hydrogen) atoms. The number of nitrogen functional groups attached to an aromatic ring is 1. The predicted molar refractivity (Wildman–Crippen MR) is 110 cm³/mol. The zero-order chi connectivity index (χ0) is 20.5. The molecule has 10 heteroatoms. The number of pyridine rings is 2. The molecule has 3 aromatic heterocycles. The van der Waals surface area contributed by atoms with Crippen molar-refractivity contribution in [3.63, 3.8) is 0 Å². The highest BCUT2D eigenvalue weighted by Crippen LogP contribution is 2.33. The van der Waals surface area contributed by atoms with Gasteiger partial charge in [-0.15, -0.1) is 0 Å². The summed E-state index contributed by atoms with van der Waals surface area (Å²) in [5.41, 5.74) is 14.6. The number of aromatic amines is 1. The number of rotatable bonds is 4. The van der Waals surface area contributed by atoms with Crippen LogP contribution < -0.4 is 16.2 Å². The van der Waals surface area contributed by atoms with E-state index in [1.54, 1.807) is 30.5 Å². The van der Waals surface area contributed by atoms with Crippen LogP contribution in [-0.4, -0.2) is 20.2 Å². The average molecular weight is 426 g/mol. The highest BCUT2D eigenvalue weighted by molar-refractivity contribution is 6.35. The zero-order valence-corrected chi connectivity index (χ0v) is 16.2. The smallest absolute Gasteiger partial charge is 0.177 e. The standard InChI is InChI=1S/C19H13Cl2N7O/c20-13-7-25-8-14(21)16(13)19(24)29-11-1-2-15-12(4-11)17(28-27-15)10-3-9(5-22)18(23)26-6-10/h1-4,6-8,19H,24H2,(H2,23,26)(H,27,28)/t19-/m0/s1. The lowest BCUT2D eigenvalue weighted by Gasteiger charge is -2.17. The summed E-state index contributed by atoms with van der Waals surface area (Å²) in [7, 11) is 0. The molecule has 0 radical (unpaired) electrons. The Kier molecular flexibility index (Phi) is 4.94. The third-order valence-electron chi connectivity index (χ3n) is 4.28. The van der Waals surface area contributed by atoms with Crippen LogP contribution in [0.2, 0.25) is 10.0 Å². The molecule has 0 aliphatic carbocycles. The van der Waals surface area contributed by atoms with E-state index in [1.165, 1.54) is 12.4 Å². The van der Waals surface area contributed by atoms with Crippen LogP contribution in [0.4, 0.5) is 5.82 Å². The molecule has 4 rings (SSSR count). The van der Waals surface area contributed by atoms with Crippen molar-refractivity contribution >= 4 is 39.9 Å². The number of hydrogen-bond donors (Lipinski definition) is 3. The molecular weight excluding hydrogens is 413 g/mol. The maximum absolute atomic E-state index is 9.19. The molecule has 0 saturated carbocycles. The fourth-order valence-corrected chi connectivity index (χ4v) is 3.46. The van der Waals surface area contributed by atoms with E-state index in [4.69, 9.17) is 39.4 Å². The van der Waals surface area contributed by atoms with Crippen molar-refractivity contribution in [2.75, 3.05) is 5.73 Å². The van der Waals surface area contributed by atoms with Crippen molar-refractivity contribution < 1.29 is 4.74 Å². The van der Waals surface area contributed by atoms with Crippen molar-refractivity contribution in [1.29, 1.82) is 5.26 Å². The van der Waals surface area contributed by atoms with Crippen molar-refractivity contribution in [2.45, 2.75) is 6.23 Å². The first kappa shape index (κ1) is 19.0. The Balaban J connectivity index is 1.72.